The third kappa shape index (κ3) is 7.75. The van der Waals surface area contributed by atoms with E-state index in [-0.39, 0.29) is 17.9 Å². The van der Waals surface area contributed by atoms with Gasteiger partial charge in [-0.15, -0.1) is 0 Å². The standard InChI is InChI=1S/C30H36N4O2/c35-29-23-28(27-12-5-2-6-13-27)34(24-26-15-17-31-18-16-26)21-8-20-33(22-19-32-29)30(36)14-7-11-25-9-3-1-4-10-25/h1-6,9-10,12-13,15-18,28H,7-8,11,14,19-24H2,(H,32,35). The summed E-state index contributed by atoms with van der Waals surface area (Å²) in [6.07, 6.45) is 7.11. The Morgan fingerprint density at radius 2 is 1.61 bits per heavy atom. The molecule has 1 atom stereocenters. The van der Waals surface area contributed by atoms with Crippen LogP contribution in [0, 0.1) is 0 Å². The number of benzene rings is 2. The minimum atomic E-state index is -0.0347. The fourth-order valence-electron chi connectivity index (χ4n) is 4.85. The lowest BCUT2D eigenvalue weighted by atomic mass is 10.00. The summed E-state index contributed by atoms with van der Waals surface area (Å²) in [4.78, 5) is 34.5. The van der Waals surface area contributed by atoms with E-state index in [0.717, 1.165) is 43.5 Å². The molecule has 0 saturated carbocycles. The molecule has 4 rings (SSSR count). The molecule has 1 N–H and O–H groups in total. The van der Waals surface area contributed by atoms with Gasteiger partial charge in [-0.3, -0.25) is 19.5 Å². The summed E-state index contributed by atoms with van der Waals surface area (Å²) in [6, 6.07) is 24.6. The Bertz CT molecular complexity index is 1080. The number of carbonyl (C=O) groups is 2. The molecular weight excluding hydrogens is 448 g/mol. The lowest BCUT2D eigenvalue weighted by Crippen LogP contribution is -2.39. The van der Waals surface area contributed by atoms with Gasteiger partial charge in [0.05, 0.1) is 0 Å². The van der Waals surface area contributed by atoms with Crippen LogP contribution >= 0.6 is 0 Å². The zero-order valence-electron chi connectivity index (χ0n) is 20.9. The number of hydrogen-bond donors (Lipinski definition) is 1. The fraction of sp³-hybridized carbons (Fsp3) is 0.367. The molecule has 3 aromatic rings. The number of rotatable bonds is 7. The van der Waals surface area contributed by atoms with E-state index in [4.69, 9.17) is 0 Å². The third-order valence-electron chi connectivity index (χ3n) is 6.77. The molecule has 1 fully saturated rings. The van der Waals surface area contributed by atoms with Gasteiger partial charge in [-0.1, -0.05) is 60.7 Å². The molecule has 0 radical (unpaired) electrons. The van der Waals surface area contributed by atoms with Crippen LogP contribution in [0.25, 0.3) is 0 Å². The molecule has 0 aliphatic carbocycles. The number of aryl methyl sites for hydroxylation is 1. The maximum Gasteiger partial charge on any atom is 0.222 e. The van der Waals surface area contributed by atoms with Crippen LogP contribution in [-0.2, 0) is 22.6 Å². The van der Waals surface area contributed by atoms with Crippen LogP contribution < -0.4 is 5.32 Å². The maximum absolute atomic E-state index is 13.1. The molecular formula is C30H36N4O2. The first-order valence-corrected chi connectivity index (χ1v) is 13.0. The molecule has 36 heavy (non-hydrogen) atoms. The van der Waals surface area contributed by atoms with E-state index in [2.05, 4.69) is 39.5 Å². The van der Waals surface area contributed by atoms with E-state index in [1.165, 1.54) is 5.56 Å². The van der Waals surface area contributed by atoms with Crippen LogP contribution in [-0.4, -0.2) is 52.8 Å². The van der Waals surface area contributed by atoms with Gasteiger partial charge in [0, 0.05) is 64.0 Å². The average molecular weight is 485 g/mol. The van der Waals surface area contributed by atoms with Crippen LogP contribution in [0.2, 0.25) is 0 Å². The van der Waals surface area contributed by atoms with Crippen LogP contribution in [0.3, 0.4) is 0 Å². The monoisotopic (exact) mass is 484 g/mol. The van der Waals surface area contributed by atoms with Crippen LogP contribution in [0.5, 0.6) is 0 Å². The van der Waals surface area contributed by atoms with E-state index < -0.39 is 0 Å². The highest BCUT2D eigenvalue weighted by molar-refractivity contribution is 5.77. The van der Waals surface area contributed by atoms with Crippen molar-refractivity contribution in [2.75, 3.05) is 26.2 Å². The molecule has 0 bridgehead atoms. The number of hydrogen-bond acceptors (Lipinski definition) is 4. The van der Waals surface area contributed by atoms with Gasteiger partial charge in [-0.2, -0.15) is 0 Å². The largest absolute Gasteiger partial charge is 0.354 e. The van der Waals surface area contributed by atoms with E-state index in [1.807, 2.05) is 65.8 Å². The summed E-state index contributed by atoms with van der Waals surface area (Å²) in [6.45, 7) is 3.24. The smallest absolute Gasteiger partial charge is 0.222 e. The fourth-order valence-corrected chi connectivity index (χ4v) is 4.85. The molecule has 2 heterocycles. The Balaban J connectivity index is 1.44. The van der Waals surface area contributed by atoms with Crippen molar-refractivity contribution in [2.24, 2.45) is 0 Å². The first kappa shape index (κ1) is 25.6. The summed E-state index contributed by atoms with van der Waals surface area (Å²) in [5.41, 5.74) is 3.55. The Hall–Kier alpha value is -3.51. The van der Waals surface area contributed by atoms with Gasteiger partial charge >= 0.3 is 0 Å². The molecule has 1 aromatic heterocycles. The lowest BCUT2D eigenvalue weighted by molar-refractivity contribution is -0.131. The predicted octanol–water partition coefficient (Wildman–Crippen LogP) is 4.39. The molecule has 1 aliphatic rings. The molecule has 6 nitrogen and oxygen atoms in total. The highest BCUT2D eigenvalue weighted by Gasteiger charge is 2.25. The summed E-state index contributed by atoms with van der Waals surface area (Å²) in [5.74, 6) is 0.182. The summed E-state index contributed by atoms with van der Waals surface area (Å²) in [5, 5.41) is 3.06. The van der Waals surface area contributed by atoms with E-state index in [0.29, 0.717) is 32.5 Å². The number of nitrogens with one attached hydrogen (secondary N) is 1. The highest BCUT2D eigenvalue weighted by atomic mass is 16.2. The van der Waals surface area contributed by atoms with E-state index in [1.54, 1.807) is 0 Å². The number of aromatic nitrogens is 1. The molecule has 1 unspecified atom stereocenters. The second-order valence-electron chi connectivity index (χ2n) is 9.38. The van der Waals surface area contributed by atoms with Crippen molar-refractivity contribution in [3.63, 3.8) is 0 Å². The van der Waals surface area contributed by atoms with Crippen LogP contribution in [0.1, 0.15) is 48.4 Å². The highest BCUT2D eigenvalue weighted by Crippen LogP contribution is 2.27. The minimum Gasteiger partial charge on any atom is -0.354 e. The van der Waals surface area contributed by atoms with Crippen molar-refractivity contribution in [1.82, 2.24) is 20.1 Å². The number of carbonyl (C=O) groups excluding carboxylic acids is 2. The van der Waals surface area contributed by atoms with E-state index in [9.17, 15) is 9.59 Å². The molecule has 6 heteroatoms. The van der Waals surface area contributed by atoms with Gasteiger partial charge in [-0.25, -0.2) is 0 Å². The molecule has 1 aliphatic heterocycles. The van der Waals surface area contributed by atoms with Gasteiger partial charge in [-0.05, 0) is 48.1 Å². The second kappa shape index (κ2) is 13.5. The van der Waals surface area contributed by atoms with Gasteiger partial charge in [0.15, 0.2) is 0 Å². The lowest BCUT2D eigenvalue weighted by Gasteiger charge is -2.32. The molecule has 188 valence electrons. The molecule has 2 aromatic carbocycles. The average Bonchev–Trinajstić information content (AvgIpc) is 2.95. The zero-order valence-corrected chi connectivity index (χ0v) is 20.9. The van der Waals surface area contributed by atoms with Gasteiger partial charge in [0.1, 0.15) is 0 Å². The van der Waals surface area contributed by atoms with Crippen LogP contribution in [0.15, 0.2) is 85.2 Å². The summed E-state index contributed by atoms with van der Waals surface area (Å²) >= 11 is 0. The topological polar surface area (TPSA) is 65.5 Å². The molecule has 0 spiro atoms. The SMILES string of the molecule is O=C1CC(c2ccccc2)N(Cc2ccncc2)CCCN(C(=O)CCCc2ccccc2)CCN1. The van der Waals surface area contributed by atoms with Crippen molar-refractivity contribution < 1.29 is 9.59 Å². The predicted molar refractivity (Wildman–Crippen MR) is 142 cm³/mol. The molecule has 1 saturated heterocycles. The Morgan fingerprint density at radius 3 is 2.36 bits per heavy atom. The van der Waals surface area contributed by atoms with Crippen molar-refractivity contribution >= 4 is 11.8 Å². The van der Waals surface area contributed by atoms with Crippen molar-refractivity contribution in [1.29, 1.82) is 0 Å². The first-order valence-electron chi connectivity index (χ1n) is 13.0. The Kier molecular flexibility index (Phi) is 9.62. The quantitative estimate of drug-likeness (QED) is 0.540. The van der Waals surface area contributed by atoms with Gasteiger partial charge in [0.25, 0.3) is 0 Å². The second-order valence-corrected chi connectivity index (χ2v) is 9.38. The summed E-state index contributed by atoms with van der Waals surface area (Å²) in [7, 11) is 0. The Morgan fingerprint density at radius 1 is 0.889 bits per heavy atom. The number of amides is 2. The van der Waals surface area contributed by atoms with Crippen LogP contribution in [0.4, 0.5) is 0 Å². The summed E-state index contributed by atoms with van der Waals surface area (Å²) < 4.78 is 0. The van der Waals surface area contributed by atoms with E-state index >= 15 is 0 Å². The normalized spacial score (nSPS) is 17.7. The molecule has 2 amide bonds. The minimum absolute atomic E-state index is 0.0157. The number of pyridine rings is 1. The zero-order chi connectivity index (χ0) is 25.0. The maximum atomic E-state index is 13.1. The van der Waals surface area contributed by atoms with Gasteiger partial charge in [0.2, 0.25) is 11.8 Å². The van der Waals surface area contributed by atoms with Crippen molar-refractivity contribution in [3.8, 4) is 0 Å². The number of nitrogens with zero attached hydrogens (tertiary/aromatic N) is 3. The third-order valence-corrected chi connectivity index (χ3v) is 6.77. The van der Waals surface area contributed by atoms with Crippen molar-refractivity contribution in [2.45, 2.75) is 44.7 Å². The first-order chi connectivity index (χ1) is 17.7. The van der Waals surface area contributed by atoms with Crippen molar-refractivity contribution in [3.05, 3.63) is 102 Å². The van der Waals surface area contributed by atoms with Gasteiger partial charge < -0.3 is 10.2 Å². The Labute approximate surface area is 214 Å².